The van der Waals surface area contributed by atoms with Gasteiger partial charge in [-0.05, 0) is 25.1 Å². The largest absolute Gasteiger partial charge is 0.314 e. The van der Waals surface area contributed by atoms with Crippen LogP contribution in [0.5, 0.6) is 0 Å². The Hall–Kier alpha value is -1.71. The molecule has 120 valence electrons. The predicted molar refractivity (Wildman–Crippen MR) is 94.9 cm³/mol. The van der Waals surface area contributed by atoms with Crippen LogP contribution >= 0.6 is 0 Å². The van der Waals surface area contributed by atoms with Gasteiger partial charge in [-0.1, -0.05) is 55.8 Å². The Kier molecular flexibility index (Phi) is 11.9. The smallest absolute Gasteiger partial charge is 0.0267 e. The minimum atomic E-state index is 1.18. The first-order valence-electron chi connectivity index (χ1n) is 8.21. The van der Waals surface area contributed by atoms with Crippen molar-refractivity contribution in [3.8, 4) is 0 Å². The highest BCUT2D eigenvalue weighted by Gasteiger charge is 2.06. The molecule has 1 saturated heterocycles. The standard InChI is InChI=1S/C8H18N2.C6H6.C5H5N/c1-2-3-6-10-7-4-9-5-8-10;2*1-2-4-6-5-3-1/h9H,2-8H2,1H3;1-6H;1-5H. The summed E-state index contributed by atoms with van der Waals surface area (Å²) in [7, 11) is 0. The fourth-order valence-electron chi connectivity index (χ4n) is 2.01. The van der Waals surface area contributed by atoms with Crippen LogP contribution in [-0.4, -0.2) is 42.6 Å². The molecule has 22 heavy (non-hydrogen) atoms. The number of unbranched alkanes of at least 4 members (excludes halogenated alkanes) is 1. The van der Waals surface area contributed by atoms with E-state index in [0.717, 1.165) is 0 Å². The van der Waals surface area contributed by atoms with Crippen molar-refractivity contribution < 1.29 is 0 Å². The summed E-state index contributed by atoms with van der Waals surface area (Å²) < 4.78 is 0. The molecule has 0 radical (unpaired) electrons. The van der Waals surface area contributed by atoms with Gasteiger partial charge in [-0.15, -0.1) is 0 Å². The topological polar surface area (TPSA) is 28.2 Å². The summed E-state index contributed by atoms with van der Waals surface area (Å²) in [4.78, 5) is 6.33. The van der Waals surface area contributed by atoms with Crippen molar-refractivity contribution >= 4 is 0 Å². The van der Waals surface area contributed by atoms with E-state index < -0.39 is 0 Å². The molecular weight excluding hydrogens is 270 g/mol. The number of hydrogen-bond donors (Lipinski definition) is 1. The van der Waals surface area contributed by atoms with E-state index in [1.165, 1.54) is 45.6 Å². The number of aromatic nitrogens is 1. The average Bonchev–Trinajstić information content (AvgIpc) is 2.65. The Balaban J connectivity index is 0.000000174. The van der Waals surface area contributed by atoms with E-state index in [2.05, 4.69) is 22.1 Å². The maximum absolute atomic E-state index is 3.78. The third-order valence-electron chi connectivity index (χ3n) is 3.27. The lowest BCUT2D eigenvalue weighted by Gasteiger charge is -2.26. The Bertz CT molecular complexity index is 328. The van der Waals surface area contributed by atoms with E-state index in [1.807, 2.05) is 54.6 Å². The number of benzene rings is 1. The Labute approximate surface area is 135 Å². The van der Waals surface area contributed by atoms with E-state index in [-0.39, 0.29) is 0 Å². The van der Waals surface area contributed by atoms with E-state index in [9.17, 15) is 0 Å². The molecule has 1 fully saturated rings. The maximum Gasteiger partial charge on any atom is 0.0267 e. The van der Waals surface area contributed by atoms with Crippen LogP contribution in [-0.2, 0) is 0 Å². The summed E-state index contributed by atoms with van der Waals surface area (Å²) in [6.45, 7) is 8.42. The second-order valence-corrected chi connectivity index (χ2v) is 5.12. The molecule has 0 bridgehead atoms. The normalized spacial score (nSPS) is 14.0. The Morgan fingerprint density at radius 2 is 1.32 bits per heavy atom. The third-order valence-corrected chi connectivity index (χ3v) is 3.27. The number of pyridine rings is 1. The number of nitrogens with one attached hydrogen (secondary N) is 1. The quantitative estimate of drug-likeness (QED) is 0.941. The van der Waals surface area contributed by atoms with Gasteiger partial charge in [-0.2, -0.15) is 0 Å². The number of piperazine rings is 1. The second-order valence-electron chi connectivity index (χ2n) is 5.12. The first-order valence-corrected chi connectivity index (χ1v) is 8.21. The Morgan fingerprint density at radius 1 is 0.818 bits per heavy atom. The molecule has 0 amide bonds. The zero-order chi connectivity index (χ0) is 15.7. The highest BCUT2D eigenvalue weighted by atomic mass is 15.2. The zero-order valence-corrected chi connectivity index (χ0v) is 13.7. The highest BCUT2D eigenvalue weighted by molar-refractivity contribution is 4.99. The van der Waals surface area contributed by atoms with Gasteiger partial charge in [0.1, 0.15) is 0 Å². The summed E-state index contributed by atoms with van der Waals surface area (Å²) in [6.07, 6.45) is 6.18. The van der Waals surface area contributed by atoms with Gasteiger partial charge in [0, 0.05) is 38.6 Å². The maximum atomic E-state index is 3.78. The van der Waals surface area contributed by atoms with Crippen LogP contribution in [0.2, 0.25) is 0 Å². The first kappa shape index (κ1) is 18.3. The molecule has 0 aliphatic carbocycles. The number of rotatable bonds is 3. The Morgan fingerprint density at radius 3 is 1.68 bits per heavy atom. The number of hydrogen-bond acceptors (Lipinski definition) is 3. The summed E-state index contributed by atoms with van der Waals surface area (Å²) in [5.41, 5.74) is 0. The zero-order valence-electron chi connectivity index (χ0n) is 13.7. The lowest BCUT2D eigenvalue weighted by molar-refractivity contribution is 0.238. The van der Waals surface area contributed by atoms with Gasteiger partial charge in [0.2, 0.25) is 0 Å². The minimum Gasteiger partial charge on any atom is -0.314 e. The SMILES string of the molecule is CCCCN1CCNCC1.c1ccccc1.c1ccncc1. The molecule has 1 aromatic heterocycles. The van der Waals surface area contributed by atoms with Crippen molar-refractivity contribution in [3.05, 3.63) is 67.0 Å². The van der Waals surface area contributed by atoms with Crippen LogP contribution < -0.4 is 5.32 Å². The fourth-order valence-corrected chi connectivity index (χ4v) is 2.01. The van der Waals surface area contributed by atoms with Gasteiger partial charge in [-0.3, -0.25) is 4.98 Å². The van der Waals surface area contributed by atoms with Crippen LogP contribution in [0, 0.1) is 0 Å². The molecule has 3 nitrogen and oxygen atoms in total. The van der Waals surface area contributed by atoms with E-state index in [0.29, 0.717) is 0 Å². The number of nitrogens with zero attached hydrogens (tertiary/aromatic N) is 2. The molecule has 2 aromatic rings. The van der Waals surface area contributed by atoms with E-state index >= 15 is 0 Å². The molecule has 1 aliphatic rings. The molecule has 1 aliphatic heterocycles. The van der Waals surface area contributed by atoms with Crippen LogP contribution in [0.3, 0.4) is 0 Å². The molecule has 0 spiro atoms. The van der Waals surface area contributed by atoms with Crippen LogP contribution in [0.15, 0.2) is 67.0 Å². The van der Waals surface area contributed by atoms with Crippen LogP contribution in [0.25, 0.3) is 0 Å². The summed E-state index contributed by atoms with van der Waals surface area (Å²) in [6, 6.07) is 17.7. The summed E-state index contributed by atoms with van der Waals surface area (Å²) in [5.74, 6) is 0. The molecule has 0 atom stereocenters. The van der Waals surface area contributed by atoms with Crippen LogP contribution in [0.4, 0.5) is 0 Å². The molecule has 3 heteroatoms. The van der Waals surface area contributed by atoms with Crippen molar-refractivity contribution in [2.24, 2.45) is 0 Å². The minimum absolute atomic E-state index is 1.18. The average molecular weight is 299 g/mol. The van der Waals surface area contributed by atoms with Crippen molar-refractivity contribution in [1.29, 1.82) is 0 Å². The van der Waals surface area contributed by atoms with Crippen molar-refractivity contribution in [1.82, 2.24) is 15.2 Å². The molecule has 2 heterocycles. The van der Waals surface area contributed by atoms with Gasteiger partial charge < -0.3 is 10.2 Å². The summed E-state index contributed by atoms with van der Waals surface area (Å²) in [5, 5.41) is 3.35. The van der Waals surface area contributed by atoms with Crippen molar-refractivity contribution in [2.75, 3.05) is 32.7 Å². The molecule has 1 N–H and O–H groups in total. The molecule has 0 saturated carbocycles. The molecular formula is C19H29N3. The monoisotopic (exact) mass is 299 g/mol. The lowest BCUT2D eigenvalue weighted by atomic mass is 10.3. The third kappa shape index (κ3) is 11.0. The second kappa shape index (κ2) is 14.2. The van der Waals surface area contributed by atoms with Gasteiger partial charge >= 0.3 is 0 Å². The fraction of sp³-hybridized carbons (Fsp3) is 0.421. The molecule has 1 aromatic carbocycles. The molecule has 0 unspecified atom stereocenters. The van der Waals surface area contributed by atoms with Crippen LogP contribution in [0.1, 0.15) is 19.8 Å². The lowest BCUT2D eigenvalue weighted by Crippen LogP contribution is -2.43. The molecule has 3 rings (SSSR count). The van der Waals surface area contributed by atoms with Gasteiger partial charge in [0.15, 0.2) is 0 Å². The highest BCUT2D eigenvalue weighted by Crippen LogP contribution is 1.95. The predicted octanol–water partition coefficient (Wildman–Crippen LogP) is 3.46. The van der Waals surface area contributed by atoms with Crippen molar-refractivity contribution in [3.63, 3.8) is 0 Å². The van der Waals surface area contributed by atoms with Crippen molar-refractivity contribution in [2.45, 2.75) is 19.8 Å². The summed E-state index contributed by atoms with van der Waals surface area (Å²) >= 11 is 0. The first-order chi connectivity index (χ1) is 10.9. The van der Waals surface area contributed by atoms with Gasteiger partial charge in [0.05, 0.1) is 0 Å². The van der Waals surface area contributed by atoms with E-state index in [1.54, 1.807) is 12.4 Å². The van der Waals surface area contributed by atoms with Gasteiger partial charge in [0.25, 0.3) is 0 Å². The van der Waals surface area contributed by atoms with Gasteiger partial charge in [-0.25, -0.2) is 0 Å². The van der Waals surface area contributed by atoms with E-state index in [4.69, 9.17) is 0 Å².